The van der Waals surface area contributed by atoms with E-state index in [1.54, 1.807) is 0 Å². The van der Waals surface area contributed by atoms with E-state index in [1.807, 2.05) is 37.3 Å². The van der Waals surface area contributed by atoms with Crippen LogP contribution in [-0.2, 0) is 22.5 Å². The second-order valence-electron chi connectivity index (χ2n) is 7.28. The van der Waals surface area contributed by atoms with Gasteiger partial charge in [0, 0.05) is 37.1 Å². The Morgan fingerprint density at radius 3 is 3.07 bits per heavy atom. The number of amides is 1. The summed E-state index contributed by atoms with van der Waals surface area (Å²) in [6, 6.07) is 9.93. The lowest BCUT2D eigenvalue weighted by Gasteiger charge is -2.22. The van der Waals surface area contributed by atoms with Crippen molar-refractivity contribution >= 4 is 5.91 Å². The van der Waals surface area contributed by atoms with Crippen LogP contribution in [0.4, 0.5) is 0 Å². The van der Waals surface area contributed by atoms with E-state index in [0.717, 1.165) is 35.7 Å². The van der Waals surface area contributed by atoms with Crippen LogP contribution < -0.4 is 10.1 Å². The minimum absolute atomic E-state index is 0.00146. The molecule has 27 heavy (non-hydrogen) atoms. The Morgan fingerprint density at radius 1 is 1.33 bits per heavy atom. The van der Waals surface area contributed by atoms with Crippen LogP contribution in [0.2, 0.25) is 0 Å². The molecule has 0 saturated carbocycles. The highest BCUT2D eigenvalue weighted by Gasteiger charge is 2.31. The van der Waals surface area contributed by atoms with Crippen molar-refractivity contribution in [2.75, 3.05) is 32.9 Å². The molecule has 0 unspecified atom stereocenters. The highest BCUT2D eigenvalue weighted by Crippen LogP contribution is 2.23. The zero-order valence-electron chi connectivity index (χ0n) is 15.5. The van der Waals surface area contributed by atoms with E-state index in [-0.39, 0.29) is 17.9 Å². The molecule has 7 nitrogen and oxygen atoms in total. The van der Waals surface area contributed by atoms with Gasteiger partial charge in [-0.3, -0.25) is 9.69 Å². The molecule has 7 heteroatoms. The number of rotatable bonds is 5. The fourth-order valence-electron chi connectivity index (χ4n) is 3.70. The summed E-state index contributed by atoms with van der Waals surface area (Å²) in [5, 5.41) is 7.07. The number of hydrogen-bond acceptors (Lipinski definition) is 6. The number of benzene rings is 1. The number of aryl methyl sites for hydroxylation is 1. The number of nitrogens with one attached hydrogen (secondary N) is 1. The van der Waals surface area contributed by atoms with Crippen LogP contribution in [0.15, 0.2) is 34.9 Å². The van der Waals surface area contributed by atoms with Gasteiger partial charge in [0.15, 0.2) is 0 Å². The van der Waals surface area contributed by atoms with Crippen molar-refractivity contribution in [1.82, 2.24) is 15.4 Å². The number of ether oxygens (including phenoxy) is 2. The van der Waals surface area contributed by atoms with E-state index in [1.165, 1.54) is 0 Å². The fourth-order valence-corrected chi connectivity index (χ4v) is 3.70. The SMILES string of the molecule is Cc1cc(C[C@@H]2COC[C@@H]2NC(=O)CN2CCOc3ccccc3C2)on1. The Hall–Kier alpha value is -2.38. The maximum absolute atomic E-state index is 12.6. The van der Waals surface area contributed by atoms with Gasteiger partial charge in [-0.05, 0) is 13.0 Å². The normalized spacial score (nSPS) is 22.7. The third-order valence-electron chi connectivity index (χ3n) is 5.08. The lowest BCUT2D eigenvalue weighted by molar-refractivity contribution is -0.123. The molecule has 2 aliphatic rings. The summed E-state index contributed by atoms with van der Waals surface area (Å²) in [4.78, 5) is 14.7. The van der Waals surface area contributed by atoms with E-state index in [4.69, 9.17) is 14.0 Å². The first kappa shape index (κ1) is 18.0. The Kier molecular flexibility index (Phi) is 5.40. The van der Waals surface area contributed by atoms with Gasteiger partial charge in [-0.25, -0.2) is 0 Å². The third kappa shape index (κ3) is 4.48. The fraction of sp³-hybridized carbons (Fsp3) is 0.500. The molecular formula is C20H25N3O4. The predicted octanol–water partition coefficient (Wildman–Crippen LogP) is 1.55. The molecule has 0 bridgehead atoms. The summed E-state index contributed by atoms with van der Waals surface area (Å²) in [6.45, 7) is 5.44. The van der Waals surface area contributed by atoms with Gasteiger partial charge >= 0.3 is 0 Å². The lowest BCUT2D eigenvalue weighted by Crippen LogP contribution is -2.45. The quantitative estimate of drug-likeness (QED) is 0.859. The van der Waals surface area contributed by atoms with Crippen molar-refractivity contribution in [3.05, 3.63) is 47.3 Å². The highest BCUT2D eigenvalue weighted by atomic mass is 16.5. The Balaban J connectivity index is 1.32. The van der Waals surface area contributed by atoms with Crippen molar-refractivity contribution < 1.29 is 18.8 Å². The van der Waals surface area contributed by atoms with Crippen molar-refractivity contribution in [2.45, 2.75) is 25.9 Å². The molecule has 1 aromatic heterocycles. The number of aromatic nitrogens is 1. The van der Waals surface area contributed by atoms with Crippen molar-refractivity contribution in [3.8, 4) is 5.75 Å². The zero-order chi connectivity index (χ0) is 18.6. The summed E-state index contributed by atoms with van der Waals surface area (Å²) >= 11 is 0. The van der Waals surface area contributed by atoms with Crippen LogP contribution in [0.1, 0.15) is 17.0 Å². The summed E-state index contributed by atoms with van der Waals surface area (Å²) < 4.78 is 16.7. The number of nitrogens with zero attached hydrogens (tertiary/aromatic N) is 2. The summed E-state index contributed by atoms with van der Waals surface area (Å²) in [7, 11) is 0. The summed E-state index contributed by atoms with van der Waals surface area (Å²) in [6.07, 6.45) is 0.719. The van der Waals surface area contributed by atoms with Gasteiger partial charge in [-0.1, -0.05) is 23.4 Å². The molecule has 0 spiro atoms. The summed E-state index contributed by atoms with van der Waals surface area (Å²) in [5.41, 5.74) is 1.98. The van der Waals surface area contributed by atoms with Crippen LogP contribution in [0.25, 0.3) is 0 Å². The molecule has 144 valence electrons. The topological polar surface area (TPSA) is 76.8 Å². The largest absolute Gasteiger partial charge is 0.492 e. The number of fused-ring (bicyclic) bond motifs is 1. The van der Waals surface area contributed by atoms with Crippen molar-refractivity contribution in [1.29, 1.82) is 0 Å². The van der Waals surface area contributed by atoms with Gasteiger partial charge in [0.25, 0.3) is 0 Å². The third-order valence-corrected chi connectivity index (χ3v) is 5.08. The molecule has 0 radical (unpaired) electrons. The molecule has 1 aromatic carbocycles. The maximum Gasteiger partial charge on any atom is 0.234 e. The molecule has 1 N–H and O–H groups in total. The van der Waals surface area contributed by atoms with Crippen LogP contribution in [0.3, 0.4) is 0 Å². The molecule has 2 aliphatic heterocycles. The Bertz CT molecular complexity index is 791. The van der Waals surface area contributed by atoms with Crippen LogP contribution >= 0.6 is 0 Å². The maximum atomic E-state index is 12.6. The number of para-hydroxylation sites is 1. The molecule has 3 heterocycles. The molecule has 1 fully saturated rings. The van der Waals surface area contributed by atoms with Gasteiger partial charge < -0.3 is 19.3 Å². The van der Waals surface area contributed by atoms with Gasteiger partial charge in [0.2, 0.25) is 5.91 Å². The molecule has 2 atom stereocenters. The van der Waals surface area contributed by atoms with Crippen LogP contribution in [-0.4, -0.2) is 54.9 Å². The van der Waals surface area contributed by atoms with Gasteiger partial charge in [-0.2, -0.15) is 0 Å². The van der Waals surface area contributed by atoms with Crippen molar-refractivity contribution in [2.24, 2.45) is 5.92 Å². The summed E-state index contributed by atoms with van der Waals surface area (Å²) in [5.74, 6) is 1.97. The van der Waals surface area contributed by atoms with E-state index < -0.39 is 0 Å². The van der Waals surface area contributed by atoms with Crippen LogP contribution in [0, 0.1) is 12.8 Å². The molecule has 1 saturated heterocycles. The molecule has 4 rings (SSSR count). The van der Waals surface area contributed by atoms with E-state index in [9.17, 15) is 4.79 Å². The first-order chi connectivity index (χ1) is 13.2. The molecule has 2 aromatic rings. The number of hydrogen-bond donors (Lipinski definition) is 1. The van der Waals surface area contributed by atoms with E-state index in [2.05, 4.69) is 15.4 Å². The molecular weight excluding hydrogens is 346 g/mol. The smallest absolute Gasteiger partial charge is 0.234 e. The van der Waals surface area contributed by atoms with Crippen molar-refractivity contribution in [3.63, 3.8) is 0 Å². The minimum atomic E-state index is -0.00146. The Morgan fingerprint density at radius 2 is 2.22 bits per heavy atom. The van der Waals surface area contributed by atoms with E-state index in [0.29, 0.717) is 32.9 Å². The monoisotopic (exact) mass is 371 g/mol. The second-order valence-corrected chi connectivity index (χ2v) is 7.28. The first-order valence-corrected chi connectivity index (χ1v) is 9.40. The number of carbonyl (C=O) groups is 1. The standard InChI is InChI=1S/C20H25N3O4/c1-14-8-17(27-22-14)9-16-12-25-13-18(16)21-20(24)11-23-6-7-26-19-5-3-2-4-15(19)10-23/h2-5,8,16,18H,6-7,9-13H2,1H3,(H,21,24)/t16-,18+/m1/s1. The number of carbonyl (C=O) groups excluding carboxylic acids is 1. The average molecular weight is 371 g/mol. The van der Waals surface area contributed by atoms with Gasteiger partial charge in [-0.15, -0.1) is 0 Å². The highest BCUT2D eigenvalue weighted by molar-refractivity contribution is 5.78. The zero-order valence-corrected chi connectivity index (χ0v) is 15.5. The lowest BCUT2D eigenvalue weighted by atomic mass is 9.98. The molecule has 1 amide bonds. The second kappa shape index (κ2) is 8.10. The van der Waals surface area contributed by atoms with Gasteiger partial charge in [0.05, 0.1) is 31.5 Å². The van der Waals surface area contributed by atoms with E-state index >= 15 is 0 Å². The van der Waals surface area contributed by atoms with Crippen LogP contribution in [0.5, 0.6) is 5.75 Å². The van der Waals surface area contributed by atoms with Gasteiger partial charge in [0.1, 0.15) is 18.1 Å². The first-order valence-electron chi connectivity index (χ1n) is 9.40. The Labute approximate surface area is 158 Å². The predicted molar refractivity (Wildman–Crippen MR) is 98.4 cm³/mol. The minimum Gasteiger partial charge on any atom is -0.492 e. The molecule has 0 aliphatic carbocycles. The average Bonchev–Trinajstić information content (AvgIpc) is 3.19.